The number of benzene rings is 21. The first kappa shape index (κ1) is 84.3. The largest absolute Gasteiger partial charge is 0.310 e. The molecule has 28 rings (SSSR count). The third kappa shape index (κ3) is 13.9. The Labute approximate surface area is 823 Å². The number of aromatic nitrogens is 3. The Morgan fingerprint density at radius 2 is 0.525 bits per heavy atom. The fourth-order valence-corrected chi connectivity index (χ4v) is 24.5. The highest BCUT2D eigenvalue weighted by Gasteiger charge is 2.40. The van der Waals surface area contributed by atoms with Crippen molar-refractivity contribution in [3.8, 4) is 61.6 Å². The SMILES string of the molecule is CC1(C)c2ccccc2-c2ccc(N(c3ccc(-c4ccccc4)cc3)c3ccc4c(c3)c3ccccc3n4-c3ccc(F)cc3)cc21.CC1(C)c2ccccc2-c2ccc(N(c3ccc4c(c3)c3ccccc3n4-c3ccccc3)c3cccc4sc5ccccc5c34)cc21.CC1(C)c2ccccc2-c2ccc(N(c3ccc4ccccc4c3)c3ccc4c(c3)c3ccccc3n4-c3ccccc3)cc21. The zero-order chi connectivity index (χ0) is 94.5. The maximum atomic E-state index is 13.9. The summed E-state index contributed by atoms with van der Waals surface area (Å²) < 4.78 is 23.5. The fourth-order valence-electron chi connectivity index (χ4n) is 23.4. The van der Waals surface area contributed by atoms with Gasteiger partial charge >= 0.3 is 0 Å². The van der Waals surface area contributed by atoms with Gasteiger partial charge in [-0.25, -0.2) is 4.39 Å². The van der Waals surface area contributed by atoms with Crippen LogP contribution in [0, 0.1) is 5.82 Å². The minimum Gasteiger partial charge on any atom is -0.310 e. The summed E-state index contributed by atoms with van der Waals surface area (Å²) in [6, 6.07) is 173. The Morgan fingerprint density at radius 3 is 1.00 bits per heavy atom. The quantitative estimate of drug-likeness (QED) is 0.115. The van der Waals surface area contributed by atoms with E-state index in [0.717, 1.165) is 67.3 Å². The van der Waals surface area contributed by atoms with Gasteiger partial charge in [0.1, 0.15) is 5.82 Å². The Balaban J connectivity index is 0.000000109. The summed E-state index contributed by atoms with van der Waals surface area (Å²) >= 11 is 1.87. The van der Waals surface area contributed by atoms with Crippen LogP contribution in [0.3, 0.4) is 0 Å². The molecule has 0 atom stereocenters. The Kier molecular flexibility index (Phi) is 19.9. The van der Waals surface area contributed by atoms with Gasteiger partial charge in [0.2, 0.25) is 0 Å². The summed E-state index contributed by atoms with van der Waals surface area (Å²) in [6.45, 7) is 14.1. The summed E-state index contributed by atoms with van der Waals surface area (Å²) in [7, 11) is 0. The fraction of sp³-hybridized carbons (Fsp3) is 0.0677. The molecule has 6 nitrogen and oxygen atoms in total. The molecule has 21 aromatic carbocycles. The lowest BCUT2D eigenvalue weighted by Gasteiger charge is -2.29. The van der Waals surface area contributed by atoms with E-state index >= 15 is 0 Å². The van der Waals surface area contributed by atoms with Gasteiger partial charge in [-0.05, 0) is 289 Å². The third-order valence-electron chi connectivity index (χ3n) is 30.2. The highest BCUT2D eigenvalue weighted by atomic mass is 32.1. The number of anilines is 9. The number of hydrogen-bond acceptors (Lipinski definition) is 4. The highest BCUT2D eigenvalue weighted by molar-refractivity contribution is 7.26. The molecule has 0 fully saturated rings. The number of rotatable bonds is 13. The lowest BCUT2D eigenvalue weighted by molar-refractivity contribution is 0.627. The molecule has 0 unspecified atom stereocenters. The zero-order valence-corrected chi connectivity index (χ0v) is 79.9. The van der Waals surface area contributed by atoms with Crippen LogP contribution < -0.4 is 14.7 Å². The van der Waals surface area contributed by atoms with Gasteiger partial charge in [-0.1, -0.05) is 321 Å². The van der Waals surface area contributed by atoms with Crippen molar-refractivity contribution in [1.29, 1.82) is 0 Å². The van der Waals surface area contributed by atoms with E-state index in [-0.39, 0.29) is 22.1 Å². The van der Waals surface area contributed by atoms with Crippen molar-refractivity contribution >= 4 is 159 Å². The van der Waals surface area contributed by atoms with Crippen LogP contribution >= 0.6 is 11.3 Å². The minimum absolute atomic E-state index is 0.0793. The van der Waals surface area contributed by atoms with E-state index in [4.69, 9.17) is 0 Å². The molecule has 0 radical (unpaired) electrons. The molecule has 3 aliphatic carbocycles. The summed E-state index contributed by atoms with van der Waals surface area (Å²) in [6.07, 6.45) is 0. The maximum Gasteiger partial charge on any atom is 0.123 e. The summed E-state index contributed by atoms with van der Waals surface area (Å²) in [5.41, 5.74) is 38.8. The predicted octanol–water partition coefficient (Wildman–Crippen LogP) is 37.0. The van der Waals surface area contributed by atoms with Gasteiger partial charge in [0, 0.05) is 131 Å². The van der Waals surface area contributed by atoms with Gasteiger partial charge < -0.3 is 28.4 Å². The second kappa shape index (κ2) is 33.3. The summed E-state index contributed by atoms with van der Waals surface area (Å²) in [5, 5.41) is 12.4. The van der Waals surface area contributed by atoms with Gasteiger partial charge in [0.25, 0.3) is 0 Å². The molecular formula is C133H97FN6S. The monoisotopic (exact) mass is 1830 g/mol. The molecule has 4 heterocycles. The average molecular weight is 1830 g/mol. The molecule has 0 N–H and O–H groups in total. The second-order valence-electron chi connectivity index (χ2n) is 39.2. The van der Waals surface area contributed by atoms with Crippen LogP contribution in [0.4, 0.5) is 55.6 Å². The molecule has 3 aliphatic rings. The van der Waals surface area contributed by atoms with Gasteiger partial charge in [0.15, 0.2) is 0 Å². The average Bonchev–Trinajstić information content (AvgIpc) is 1.50. The van der Waals surface area contributed by atoms with E-state index in [1.165, 1.54) is 187 Å². The maximum absolute atomic E-state index is 13.9. The molecule has 672 valence electrons. The van der Waals surface area contributed by atoms with Crippen LogP contribution in [0.25, 0.3) is 158 Å². The molecule has 141 heavy (non-hydrogen) atoms. The van der Waals surface area contributed by atoms with Gasteiger partial charge in [-0.15, -0.1) is 11.3 Å². The molecule has 0 amide bonds. The Morgan fingerprint density at radius 1 is 0.206 bits per heavy atom. The van der Waals surface area contributed by atoms with Crippen LogP contribution in [-0.2, 0) is 16.2 Å². The highest BCUT2D eigenvalue weighted by Crippen LogP contribution is 2.57. The van der Waals surface area contributed by atoms with Crippen molar-refractivity contribution in [3.63, 3.8) is 0 Å². The smallest absolute Gasteiger partial charge is 0.123 e. The Hall–Kier alpha value is -17.2. The number of thiophene rings is 1. The van der Waals surface area contributed by atoms with E-state index in [9.17, 15) is 4.39 Å². The van der Waals surface area contributed by atoms with Crippen LogP contribution in [-0.4, -0.2) is 13.7 Å². The topological polar surface area (TPSA) is 24.5 Å². The summed E-state index contributed by atoms with van der Waals surface area (Å²) in [5.74, 6) is -0.239. The lowest BCUT2D eigenvalue weighted by atomic mass is 9.82. The second-order valence-corrected chi connectivity index (χ2v) is 40.3. The van der Waals surface area contributed by atoms with E-state index in [1.807, 2.05) is 23.5 Å². The predicted molar refractivity (Wildman–Crippen MR) is 595 cm³/mol. The minimum atomic E-state index is -0.239. The van der Waals surface area contributed by atoms with Crippen molar-refractivity contribution in [3.05, 3.63) is 518 Å². The number of nitrogens with zero attached hydrogens (tertiary/aromatic N) is 6. The van der Waals surface area contributed by atoms with Crippen LogP contribution in [0.5, 0.6) is 0 Å². The first-order chi connectivity index (χ1) is 69.1. The lowest BCUT2D eigenvalue weighted by Crippen LogP contribution is -2.16. The molecule has 25 aromatic rings. The summed E-state index contributed by atoms with van der Waals surface area (Å²) in [4.78, 5) is 7.30. The molecule has 0 saturated carbocycles. The van der Waals surface area contributed by atoms with Gasteiger partial charge in [0.05, 0.1) is 38.8 Å². The molecular weight excluding hydrogens is 1730 g/mol. The zero-order valence-electron chi connectivity index (χ0n) is 79.1. The Bertz CT molecular complexity index is 9300. The van der Waals surface area contributed by atoms with Crippen molar-refractivity contribution in [1.82, 2.24) is 13.7 Å². The van der Waals surface area contributed by atoms with E-state index in [2.05, 4.69) is 525 Å². The molecule has 0 aliphatic heterocycles. The standard InChI is InChI=1S/C45H33FN2.C45H32N2S.C43H32N2/c1-45(2)41-14-8-6-12-37(41)38-26-24-36(29-42(38)45)47(33-20-16-31(17-21-33)30-10-4-3-5-11-30)35-25-27-44-40(28-35)39-13-7-9-15-43(39)48(44)34-22-18-32(46)19-23-34;1-45(2)37-18-9-6-15-32(37)33-25-23-31(28-38(33)45)46(41-20-12-22-43-44(41)35-17-8-11-21-42(35)48-43)30-24-26-40-36(27-30)34-16-7-10-19-39(34)47(40)29-13-4-3-5-14-29;1-43(2)39-18-10-8-16-35(39)36-24-22-34(28-40(36)43)44(32-21-20-29-12-6-7-13-30(29)26-32)33-23-25-42-38(27-33)37-17-9-11-19-41(37)45(42)31-14-4-3-5-15-31/h3-29H,1-2H3;3-28H,1-2H3;3-28H,1-2H3. The molecule has 0 spiro atoms. The third-order valence-corrected chi connectivity index (χ3v) is 31.3. The number of para-hydroxylation sites is 5. The first-order valence-corrected chi connectivity index (χ1v) is 49.6. The van der Waals surface area contributed by atoms with Crippen molar-refractivity contribution in [2.24, 2.45) is 0 Å². The van der Waals surface area contributed by atoms with Crippen molar-refractivity contribution in [2.45, 2.75) is 57.8 Å². The van der Waals surface area contributed by atoms with E-state index in [0.29, 0.717) is 0 Å². The van der Waals surface area contributed by atoms with Crippen LogP contribution in [0.15, 0.2) is 479 Å². The van der Waals surface area contributed by atoms with Crippen LogP contribution in [0.2, 0.25) is 0 Å². The first-order valence-electron chi connectivity index (χ1n) is 48.8. The normalized spacial score (nSPS) is 13.2. The molecule has 0 saturated heterocycles. The van der Waals surface area contributed by atoms with Crippen LogP contribution in [0.1, 0.15) is 74.9 Å². The van der Waals surface area contributed by atoms with Crippen molar-refractivity contribution < 1.29 is 4.39 Å². The number of fused-ring (bicyclic) bond motifs is 22. The van der Waals surface area contributed by atoms with E-state index in [1.54, 1.807) is 0 Å². The van der Waals surface area contributed by atoms with Gasteiger partial charge in [-0.3, -0.25) is 0 Å². The van der Waals surface area contributed by atoms with Crippen molar-refractivity contribution in [2.75, 3.05) is 14.7 Å². The number of hydrogen-bond donors (Lipinski definition) is 0. The number of halogens is 1. The molecule has 4 aromatic heterocycles. The van der Waals surface area contributed by atoms with E-state index < -0.39 is 0 Å². The van der Waals surface area contributed by atoms with Gasteiger partial charge in [-0.2, -0.15) is 0 Å². The molecule has 0 bridgehead atoms. The molecule has 8 heteroatoms.